The number of nitro groups is 1. The van der Waals surface area contributed by atoms with E-state index >= 15 is 0 Å². The number of hydrogen-bond donors (Lipinski definition) is 1. The van der Waals surface area contributed by atoms with Crippen molar-refractivity contribution in [2.45, 2.75) is 37.0 Å². The Morgan fingerprint density at radius 2 is 1.50 bits per heavy atom. The average molecular weight is 612 g/mol. The summed E-state index contributed by atoms with van der Waals surface area (Å²) in [7, 11) is -4.48. The molecule has 11 heteroatoms. The molecule has 0 saturated heterocycles. The number of aromatic nitrogens is 1. The van der Waals surface area contributed by atoms with Gasteiger partial charge in [0.05, 0.1) is 26.4 Å². The fraction of sp³-hybridized carbons (Fsp3) is 0.182. The minimum absolute atomic E-state index is 0.0779. The molecule has 0 aliphatic carbocycles. The number of rotatable bonds is 12. The number of non-ortho nitro benzene ring substituents is 1. The molecule has 44 heavy (non-hydrogen) atoms. The lowest BCUT2D eigenvalue weighted by Gasteiger charge is -2.24. The van der Waals surface area contributed by atoms with Gasteiger partial charge < -0.3 is 5.11 Å². The van der Waals surface area contributed by atoms with Crippen LogP contribution in [0.1, 0.15) is 47.2 Å². The van der Waals surface area contributed by atoms with Crippen LogP contribution in [-0.2, 0) is 21.2 Å². The van der Waals surface area contributed by atoms with Gasteiger partial charge in [-0.2, -0.15) is 0 Å². The van der Waals surface area contributed by atoms with Crippen molar-refractivity contribution in [2.24, 2.45) is 0 Å². The number of aliphatic carboxylic acids is 1. The Bertz CT molecular complexity index is 1960. The molecule has 5 aromatic rings. The minimum atomic E-state index is -4.48. The summed E-state index contributed by atoms with van der Waals surface area (Å²) in [6, 6.07) is 26.6. The summed E-state index contributed by atoms with van der Waals surface area (Å²) in [5, 5.41) is 21.2. The number of benzene rings is 4. The van der Waals surface area contributed by atoms with Crippen molar-refractivity contribution in [1.29, 1.82) is 0 Å². The van der Waals surface area contributed by atoms with Gasteiger partial charge in [0.15, 0.2) is 0 Å². The van der Waals surface area contributed by atoms with Crippen LogP contribution in [-0.4, -0.2) is 46.2 Å². The zero-order chi connectivity index (χ0) is 31.3. The van der Waals surface area contributed by atoms with Gasteiger partial charge in [-0.15, -0.1) is 0 Å². The quantitative estimate of drug-likeness (QED) is 0.0741. The maximum Gasteiger partial charge on any atom is 0.303 e. The molecule has 0 atom stereocenters. The van der Waals surface area contributed by atoms with E-state index in [1.165, 1.54) is 0 Å². The number of nitrogens with zero attached hydrogens (tertiary/aromatic N) is 3. The number of hydrogen-bond acceptors (Lipinski definition) is 7. The third kappa shape index (κ3) is 6.42. The van der Waals surface area contributed by atoms with Gasteiger partial charge in [-0.05, 0) is 54.7 Å². The molecule has 0 fully saturated rings. The highest BCUT2D eigenvalue weighted by Gasteiger charge is 2.33. The van der Waals surface area contributed by atoms with E-state index in [0.717, 1.165) is 39.7 Å². The number of carboxylic acid groups (broad SMARTS) is 1. The zero-order valence-electron chi connectivity index (χ0n) is 23.6. The van der Waals surface area contributed by atoms with Gasteiger partial charge in [-0.1, -0.05) is 67.1 Å². The lowest BCUT2D eigenvalue weighted by molar-refractivity contribution is -0.384. The van der Waals surface area contributed by atoms with Gasteiger partial charge in [0, 0.05) is 35.9 Å². The van der Waals surface area contributed by atoms with E-state index in [9.17, 15) is 28.1 Å². The third-order valence-corrected chi connectivity index (χ3v) is 9.15. The molecule has 5 rings (SSSR count). The van der Waals surface area contributed by atoms with Crippen LogP contribution >= 0.6 is 0 Å². The lowest BCUT2D eigenvalue weighted by atomic mass is 9.94. The van der Waals surface area contributed by atoms with E-state index < -0.39 is 26.8 Å². The summed E-state index contributed by atoms with van der Waals surface area (Å²) < 4.78 is 28.9. The number of para-hydroxylation sites is 1. The molecule has 1 heterocycles. The molecule has 1 amide bonds. The predicted molar refractivity (Wildman–Crippen MR) is 166 cm³/mol. The van der Waals surface area contributed by atoms with Crippen LogP contribution < -0.4 is 0 Å². The normalized spacial score (nSPS) is 11.5. The summed E-state index contributed by atoms with van der Waals surface area (Å²) in [5.74, 6) is -1.72. The first-order valence-corrected chi connectivity index (χ1v) is 15.5. The molecular formula is C33H29N3O7S. The van der Waals surface area contributed by atoms with Crippen LogP contribution in [0.25, 0.3) is 21.8 Å². The number of carbonyl (C=O) groups is 2. The molecule has 0 unspecified atom stereocenters. The highest BCUT2D eigenvalue weighted by Crippen LogP contribution is 2.33. The van der Waals surface area contributed by atoms with Crippen molar-refractivity contribution in [3.8, 4) is 0 Å². The second-order valence-corrected chi connectivity index (χ2v) is 12.2. The van der Waals surface area contributed by atoms with Crippen molar-refractivity contribution in [2.75, 3.05) is 6.54 Å². The molecule has 0 saturated carbocycles. The van der Waals surface area contributed by atoms with Gasteiger partial charge in [0.25, 0.3) is 21.6 Å². The number of carboxylic acids is 1. The number of unbranched alkanes of at least 4 members (excludes halogenated alkanes) is 2. The molecule has 1 N–H and O–H groups in total. The minimum Gasteiger partial charge on any atom is -0.481 e. The highest BCUT2D eigenvalue weighted by molar-refractivity contribution is 7.89. The van der Waals surface area contributed by atoms with Crippen molar-refractivity contribution >= 4 is 49.4 Å². The first-order chi connectivity index (χ1) is 21.2. The van der Waals surface area contributed by atoms with Crippen molar-refractivity contribution in [3.63, 3.8) is 0 Å². The Kier molecular flexibility index (Phi) is 8.96. The third-order valence-electron chi connectivity index (χ3n) is 7.36. The summed E-state index contributed by atoms with van der Waals surface area (Å²) in [5.41, 5.74) is 2.76. The molecule has 224 valence electrons. The van der Waals surface area contributed by atoms with Gasteiger partial charge >= 0.3 is 5.97 Å². The van der Waals surface area contributed by atoms with Crippen molar-refractivity contribution in [3.05, 3.63) is 124 Å². The van der Waals surface area contributed by atoms with Crippen LogP contribution in [0.4, 0.5) is 5.69 Å². The summed E-state index contributed by atoms with van der Waals surface area (Å²) in [6.45, 7) is -0.212. The average Bonchev–Trinajstić information content (AvgIpc) is 3.01. The van der Waals surface area contributed by atoms with E-state index in [4.69, 9.17) is 10.1 Å². The standard InChI is InChI=1S/C33H29N3O7S/c37-30(38)16-5-2-8-21-35(44(42,43)26-19-17-25(18-20-26)36(40)41)33(39)32-27-13-6-7-14-28(27)34-29-15-9-12-24(31(29)32)22-23-10-3-1-4-11-23/h1,3-4,6-7,9-15,17-20H,2,5,8,16,21-22H2,(H,37,38). The number of nitro benzene ring substituents is 1. The molecule has 10 nitrogen and oxygen atoms in total. The van der Waals surface area contributed by atoms with Crippen LogP contribution in [0.15, 0.2) is 102 Å². The maximum absolute atomic E-state index is 14.7. The molecule has 1 aromatic heterocycles. The SMILES string of the molecule is O=C(O)CCCCCN(C(=O)c1c2ccccc2nc2cccc(Cc3ccccc3)c12)S(=O)(=O)c1ccc([N+](=O)[O-])cc1. The summed E-state index contributed by atoms with van der Waals surface area (Å²) in [4.78, 5) is 40.8. The first-order valence-electron chi connectivity index (χ1n) is 14.0. The number of carbonyl (C=O) groups excluding carboxylic acids is 1. The first kappa shape index (κ1) is 30.3. The Morgan fingerprint density at radius 1 is 0.818 bits per heavy atom. The Balaban J connectivity index is 1.67. The summed E-state index contributed by atoms with van der Waals surface area (Å²) in [6.07, 6.45) is 1.32. The van der Waals surface area contributed by atoms with E-state index in [1.54, 1.807) is 30.3 Å². The fourth-order valence-corrected chi connectivity index (χ4v) is 6.65. The van der Waals surface area contributed by atoms with Crippen molar-refractivity contribution in [1.82, 2.24) is 9.29 Å². The highest BCUT2D eigenvalue weighted by atomic mass is 32.2. The molecule has 0 radical (unpaired) electrons. The van der Waals surface area contributed by atoms with Gasteiger partial charge in [-0.25, -0.2) is 17.7 Å². The van der Waals surface area contributed by atoms with E-state index in [-0.39, 0.29) is 35.5 Å². The topological polar surface area (TPSA) is 148 Å². The number of sulfonamides is 1. The number of fused-ring (bicyclic) bond motifs is 2. The Labute approximate surface area is 253 Å². The van der Waals surface area contributed by atoms with Gasteiger partial charge in [0.2, 0.25) is 0 Å². The van der Waals surface area contributed by atoms with Gasteiger partial charge in [0.1, 0.15) is 0 Å². The van der Waals surface area contributed by atoms with E-state index in [2.05, 4.69) is 0 Å². The predicted octanol–water partition coefficient (Wildman–Crippen LogP) is 6.36. The molecule has 0 aliphatic heterocycles. The fourth-order valence-electron chi connectivity index (χ4n) is 5.23. The Hall–Kier alpha value is -5.16. The number of amides is 1. The smallest absolute Gasteiger partial charge is 0.303 e. The Morgan fingerprint density at radius 3 is 2.20 bits per heavy atom. The van der Waals surface area contributed by atoms with Gasteiger partial charge in [-0.3, -0.25) is 19.7 Å². The van der Waals surface area contributed by atoms with E-state index in [1.807, 2.05) is 42.5 Å². The molecule has 0 spiro atoms. The number of pyridine rings is 1. The lowest BCUT2D eigenvalue weighted by Crippen LogP contribution is -2.38. The summed E-state index contributed by atoms with van der Waals surface area (Å²) >= 11 is 0. The maximum atomic E-state index is 14.7. The second kappa shape index (κ2) is 13.0. The largest absolute Gasteiger partial charge is 0.481 e. The zero-order valence-corrected chi connectivity index (χ0v) is 24.4. The molecule has 0 bridgehead atoms. The molecular weight excluding hydrogens is 582 g/mol. The van der Waals surface area contributed by atoms with Crippen LogP contribution in [0.3, 0.4) is 0 Å². The molecule has 0 aliphatic rings. The van der Waals surface area contributed by atoms with Crippen LogP contribution in [0.5, 0.6) is 0 Å². The molecule has 4 aromatic carbocycles. The van der Waals surface area contributed by atoms with Crippen molar-refractivity contribution < 1.29 is 28.0 Å². The van der Waals surface area contributed by atoms with Crippen LogP contribution in [0.2, 0.25) is 0 Å². The second-order valence-electron chi connectivity index (χ2n) is 10.3. The van der Waals surface area contributed by atoms with Crippen LogP contribution in [0, 0.1) is 10.1 Å². The monoisotopic (exact) mass is 611 g/mol. The van der Waals surface area contributed by atoms with E-state index in [0.29, 0.717) is 41.1 Å².